The van der Waals surface area contributed by atoms with Crippen LogP contribution < -0.4 is 0 Å². The van der Waals surface area contributed by atoms with Gasteiger partial charge in [0.15, 0.2) is 11.4 Å². The largest absolute Gasteiger partial charge is 0.391 e. The third kappa shape index (κ3) is 3.07. The maximum absolute atomic E-state index is 11.2. The first-order valence-corrected chi connectivity index (χ1v) is 4.44. The van der Waals surface area contributed by atoms with E-state index in [1.807, 2.05) is 0 Å². The summed E-state index contributed by atoms with van der Waals surface area (Å²) >= 11 is 0. The minimum atomic E-state index is -2.40. The lowest BCUT2D eigenvalue weighted by Gasteiger charge is -2.31. The van der Waals surface area contributed by atoms with E-state index in [4.69, 9.17) is 5.11 Å². The molecule has 0 aromatic heterocycles. The first-order valence-electron chi connectivity index (χ1n) is 4.44. The summed E-state index contributed by atoms with van der Waals surface area (Å²) in [4.78, 5) is 21.9. The Hall–Kier alpha value is -0.820. The zero-order valence-electron chi connectivity index (χ0n) is 8.84. The predicted molar refractivity (Wildman–Crippen MR) is 50.0 cm³/mol. The number of rotatable bonds is 5. The van der Waals surface area contributed by atoms with Crippen molar-refractivity contribution < 1.29 is 30.0 Å². The van der Waals surface area contributed by atoms with Crippen molar-refractivity contribution in [3.8, 4) is 0 Å². The highest BCUT2D eigenvalue weighted by Gasteiger charge is 2.45. The van der Waals surface area contributed by atoms with Crippen molar-refractivity contribution in [3.05, 3.63) is 0 Å². The normalized spacial score (nSPS) is 21.3. The van der Waals surface area contributed by atoms with E-state index in [9.17, 15) is 24.9 Å². The minimum absolute atomic E-state index is 0.910. The van der Waals surface area contributed by atoms with Crippen molar-refractivity contribution in [3.63, 3.8) is 0 Å². The van der Waals surface area contributed by atoms with Gasteiger partial charge in [-0.15, -0.1) is 0 Å². The molecule has 0 radical (unpaired) electrons. The van der Waals surface area contributed by atoms with E-state index in [2.05, 4.69) is 0 Å². The average molecular weight is 220 g/mol. The molecule has 0 aliphatic rings. The van der Waals surface area contributed by atoms with E-state index in [0.29, 0.717) is 0 Å². The molecule has 0 saturated heterocycles. The summed E-state index contributed by atoms with van der Waals surface area (Å²) < 4.78 is 0. The summed E-state index contributed by atoms with van der Waals surface area (Å²) in [7, 11) is 0. The van der Waals surface area contributed by atoms with Crippen molar-refractivity contribution in [1.82, 2.24) is 0 Å². The van der Waals surface area contributed by atoms with Crippen LogP contribution in [-0.4, -0.2) is 55.9 Å². The Morgan fingerprint density at radius 1 is 1.20 bits per heavy atom. The summed E-state index contributed by atoms with van der Waals surface area (Å²) in [5.74, 6) is -2.15. The summed E-state index contributed by atoms with van der Waals surface area (Å²) in [6.45, 7) is 3.04. The van der Waals surface area contributed by atoms with Crippen LogP contribution >= 0.6 is 0 Å². The van der Waals surface area contributed by atoms with Gasteiger partial charge >= 0.3 is 0 Å². The second-order valence-corrected chi connectivity index (χ2v) is 3.71. The molecular formula is C9H16O6. The van der Waals surface area contributed by atoms with Gasteiger partial charge in [-0.05, 0) is 13.8 Å². The number of aliphatic hydroxyl groups excluding tert-OH is 3. The van der Waals surface area contributed by atoms with Crippen LogP contribution in [0.15, 0.2) is 0 Å². The third-order valence-electron chi connectivity index (χ3n) is 2.17. The van der Waals surface area contributed by atoms with E-state index < -0.39 is 35.5 Å². The Bertz CT molecular complexity index is 257. The number of aliphatic hydroxyl groups is 4. The van der Waals surface area contributed by atoms with E-state index in [-0.39, 0.29) is 0 Å². The molecule has 0 heterocycles. The molecule has 0 fully saturated rings. The van der Waals surface area contributed by atoms with Gasteiger partial charge in [0.25, 0.3) is 0 Å². The average Bonchev–Trinajstić information content (AvgIpc) is 2.13. The fourth-order valence-electron chi connectivity index (χ4n) is 1.09. The van der Waals surface area contributed by atoms with Crippen LogP contribution in [-0.2, 0) is 9.59 Å². The Morgan fingerprint density at radius 2 is 1.60 bits per heavy atom. The van der Waals surface area contributed by atoms with Crippen LogP contribution in [0.2, 0.25) is 0 Å². The van der Waals surface area contributed by atoms with Crippen LogP contribution in [0.5, 0.6) is 0 Å². The number of hydrogen-bond donors (Lipinski definition) is 4. The Kier molecular flexibility index (Phi) is 4.54. The molecule has 4 N–H and O–H groups in total. The molecule has 0 saturated carbocycles. The maximum atomic E-state index is 11.2. The van der Waals surface area contributed by atoms with Gasteiger partial charge in [0.05, 0.1) is 6.10 Å². The highest BCUT2D eigenvalue weighted by molar-refractivity contribution is 6.39. The van der Waals surface area contributed by atoms with E-state index in [1.165, 1.54) is 6.92 Å². The maximum Gasteiger partial charge on any atom is 0.231 e. The van der Waals surface area contributed by atoms with Gasteiger partial charge in [-0.1, -0.05) is 0 Å². The minimum Gasteiger partial charge on any atom is -0.391 e. The van der Waals surface area contributed by atoms with Crippen LogP contribution in [0.1, 0.15) is 20.8 Å². The molecule has 0 rings (SSSR count). The first-order chi connectivity index (χ1) is 6.62. The lowest BCUT2D eigenvalue weighted by molar-refractivity contribution is -0.169. The summed E-state index contributed by atoms with van der Waals surface area (Å²) in [5.41, 5.74) is -2.40. The SMILES string of the molecule is CC(=O)C(=O)[C@@](C)(O)[C@H](O)[C@H](O)[C@H](C)O. The van der Waals surface area contributed by atoms with Gasteiger partial charge in [0, 0.05) is 6.92 Å². The molecule has 6 nitrogen and oxygen atoms in total. The second-order valence-electron chi connectivity index (χ2n) is 3.71. The van der Waals surface area contributed by atoms with Crippen LogP contribution in [0.3, 0.4) is 0 Å². The van der Waals surface area contributed by atoms with Crippen molar-refractivity contribution in [2.75, 3.05) is 0 Å². The van der Waals surface area contributed by atoms with E-state index in [0.717, 1.165) is 13.8 Å². The van der Waals surface area contributed by atoms with Gasteiger partial charge in [0.1, 0.15) is 12.2 Å². The molecule has 88 valence electrons. The highest BCUT2D eigenvalue weighted by atomic mass is 16.4. The topological polar surface area (TPSA) is 115 Å². The first kappa shape index (κ1) is 14.2. The standard InChI is InChI=1S/C9H16O6/c1-4(10)6(12)8(14)9(3,15)7(13)5(2)11/h4,6,8,10,12,14-15H,1-3H3/t4-,6+,8+,9+/m0/s1. The Morgan fingerprint density at radius 3 is 1.87 bits per heavy atom. The number of hydrogen-bond acceptors (Lipinski definition) is 6. The Labute approximate surface area is 87.2 Å². The summed E-state index contributed by atoms with van der Waals surface area (Å²) in [5, 5.41) is 37.1. The number of Topliss-reactive ketones (excluding diaryl/α,β-unsaturated/α-hetero) is 2. The molecule has 0 bridgehead atoms. The van der Waals surface area contributed by atoms with Crippen LogP contribution in [0.25, 0.3) is 0 Å². The van der Waals surface area contributed by atoms with Crippen LogP contribution in [0, 0.1) is 0 Å². The molecule has 0 aliphatic carbocycles. The lowest BCUT2D eigenvalue weighted by atomic mass is 9.87. The number of carbonyl (C=O) groups is 2. The summed E-state index contributed by atoms with van der Waals surface area (Å²) in [6.07, 6.45) is -4.96. The highest BCUT2D eigenvalue weighted by Crippen LogP contribution is 2.17. The number of carbonyl (C=O) groups excluding carboxylic acids is 2. The molecule has 6 heteroatoms. The third-order valence-corrected chi connectivity index (χ3v) is 2.17. The van der Waals surface area contributed by atoms with Gasteiger partial charge in [-0.2, -0.15) is 0 Å². The van der Waals surface area contributed by atoms with Gasteiger partial charge in [-0.25, -0.2) is 0 Å². The molecule has 0 aliphatic heterocycles. The molecule has 0 amide bonds. The zero-order chi connectivity index (χ0) is 12.4. The molecule has 0 aromatic carbocycles. The van der Waals surface area contributed by atoms with Crippen molar-refractivity contribution >= 4 is 11.6 Å². The van der Waals surface area contributed by atoms with Crippen LogP contribution in [0.4, 0.5) is 0 Å². The van der Waals surface area contributed by atoms with Crippen molar-refractivity contribution in [2.45, 2.75) is 44.7 Å². The molecular weight excluding hydrogens is 204 g/mol. The summed E-state index contributed by atoms with van der Waals surface area (Å²) in [6, 6.07) is 0. The fraction of sp³-hybridized carbons (Fsp3) is 0.778. The Balaban J connectivity index is 4.87. The predicted octanol–water partition coefficient (Wildman–Crippen LogP) is -2.00. The molecule has 4 atom stereocenters. The zero-order valence-corrected chi connectivity index (χ0v) is 8.84. The van der Waals surface area contributed by atoms with Gasteiger partial charge in [-0.3, -0.25) is 9.59 Å². The molecule has 0 aromatic rings. The van der Waals surface area contributed by atoms with E-state index in [1.54, 1.807) is 0 Å². The molecule has 15 heavy (non-hydrogen) atoms. The van der Waals surface area contributed by atoms with Gasteiger partial charge < -0.3 is 20.4 Å². The fourth-order valence-corrected chi connectivity index (χ4v) is 1.09. The van der Waals surface area contributed by atoms with Gasteiger partial charge in [0.2, 0.25) is 5.78 Å². The molecule has 0 spiro atoms. The second kappa shape index (κ2) is 4.80. The number of ketones is 2. The van der Waals surface area contributed by atoms with Crippen molar-refractivity contribution in [1.29, 1.82) is 0 Å². The molecule has 0 unspecified atom stereocenters. The monoisotopic (exact) mass is 220 g/mol. The quantitative estimate of drug-likeness (QED) is 0.398. The van der Waals surface area contributed by atoms with E-state index >= 15 is 0 Å². The van der Waals surface area contributed by atoms with Crippen molar-refractivity contribution in [2.24, 2.45) is 0 Å². The lowest BCUT2D eigenvalue weighted by Crippen LogP contribution is -2.56. The smallest absolute Gasteiger partial charge is 0.231 e.